The number of carbonyl (C=O) groups is 1. The Balaban J connectivity index is 1.63. The van der Waals surface area contributed by atoms with Crippen molar-refractivity contribution in [2.24, 2.45) is 5.92 Å². The fourth-order valence-electron chi connectivity index (χ4n) is 4.09. The van der Waals surface area contributed by atoms with Gasteiger partial charge in [0.25, 0.3) is 0 Å². The first kappa shape index (κ1) is 18.6. The van der Waals surface area contributed by atoms with Crippen molar-refractivity contribution in [1.29, 1.82) is 0 Å². The van der Waals surface area contributed by atoms with Crippen LogP contribution in [0.25, 0.3) is 0 Å². The summed E-state index contributed by atoms with van der Waals surface area (Å²) in [4.78, 5) is 20.6. The highest BCUT2D eigenvalue weighted by atomic mass is 35.5. The number of amides is 1. The van der Waals surface area contributed by atoms with Crippen molar-refractivity contribution in [3.63, 3.8) is 0 Å². The normalized spacial score (nSPS) is 29.1. The molecule has 0 spiro atoms. The molecule has 27 heavy (non-hydrogen) atoms. The van der Waals surface area contributed by atoms with Gasteiger partial charge in [-0.3, -0.25) is 4.79 Å². The zero-order chi connectivity index (χ0) is 19.1. The highest BCUT2D eigenvalue weighted by Gasteiger charge is 2.56. The molecular weight excluding hydrogens is 394 g/mol. The van der Waals surface area contributed by atoms with Gasteiger partial charge in [0.1, 0.15) is 5.15 Å². The lowest BCUT2D eigenvalue weighted by atomic mass is 9.73. The summed E-state index contributed by atoms with van der Waals surface area (Å²) < 4.78 is 19.8. The minimum absolute atomic E-state index is 0.104. The molecule has 4 rings (SSSR count). The topological polar surface area (TPSA) is 76.1 Å². The number of fused-ring (bicyclic) bond motifs is 2. The van der Waals surface area contributed by atoms with E-state index in [4.69, 9.17) is 27.9 Å². The third-order valence-electron chi connectivity index (χ3n) is 5.23. The molecule has 2 saturated heterocycles. The second-order valence-corrected chi connectivity index (χ2v) is 7.48. The number of carbonyl (C=O) groups excluding carboxylic acids is 1. The van der Waals surface area contributed by atoms with E-state index < -0.39 is 11.9 Å². The van der Waals surface area contributed by atoms with Gasteiger partial charge in [-0.2, -0.15) is 4.39 Å². The van der Waals surface area contributed by atoms with Gasteiger partial charge in [-0.05, 0) is 37.2 Å². The molecular formula is C18H17Cl2FN4O2. The van der Waals surface area contributed by atoms with Gasteiger partial charge >= 0.3 is 0 Å². The van der Waals surface area contributed by atoms with Crippen LogP contribution in [-0.2, 0) is 9.53 Å². The number of ether oxygens (including phenoxy) is 1. The maximum absolute atomic E-state index is 13.7. The standard InChI is InChI=1S/C18H17Cl2FN4O2/c1-22-11-6-12-15(18(26)25-9-5-10(19)17(20)24-7-9)14(16(11)27-12)8-2-3-23-13(21)4-8/h2-5,7,11-12,14-16,22H,6H2,1H3,(H,25,26). The lowest BCUT2D eigenvalue weighted by molar-refractivity contribution is -0.121. The minimum atomic E-state index is -0.580. The molecule has 2 aliphatic heterocycles. The second-order valence-electron chi connectivity index (χ2n) is 6.72. The predicted molar refractivity (Wildman–Crippen MR) is 99.4 cm³/mol. The van der Waals surface area contributed by atoms with Crippen LogP contribution in [0.4, 0.5) is 10.1 Å². The Kier molecular flexibility index (Phi) is 5.03. The summed E-state index contributed by atoms with van der Waals surface area (Å²) in [5.41, 5.74) is 1.14. The molecule has 142 valence electrons. The molecule has 9 heteroatoms. The van der Waals surface area contributed by atoms with Crippen molar-refractivity contribution in [3.8, 4) is 0 Å². The first-order valence-corrected chi connectivity index (χ1v) is 9.29. The van der Waals surface area contributed by atoms with Crippen molar-refractivity contribution >= 4 is 34.8 Å². The Morgan fingerprint density at radius 3 is 2.85 bits per heavy atom. The molecule has 2 aliphatic rings. The van der Waals surface area contributed by atoms with Crippen LogP contribution >= 0.6 is 23.2 Å². The molecule has 5 atom stereocenters. The molecule has 6 nitrogen and oxygen atoms in total. The summed E-state index contributed by atoms with van der Waals surface area (Å²) in [6.07, 6.45) is 3.08. The predicted octanol–water partition coefficient (Wildman–Crippen LogP) is 3.02. The number of anilines is 1. The molecule has 2 N–H and O–H groups in total. The molecule has 1 amide bonds. The van der Waals surface area contributed by atoms with E-state index >= 15 is 0 Å². The van der Waals surface area contributed by atoms with Crippen LogP contribution in [0, 0.1) is 11.9 Å². The molecule has 2 aromatic heterocycles. The molecule has 2 fully saturated rings. The largest absolute Gasteiger partial charge is 0.372 e. The monoisotopic (exact) mass is 410 g/mol. The third-order valence-corrected chi connectivity index (χ3v) is 5.92. The van der Waals surface area contributed by atoms with E-state index in [0.717, 1.165) is 0 Å². The second kappa shape index (κ2) is 7.31. The number of rotatable bonds is 4. The Bertz CT molecular complexity index is 884. The van der Waals surface area contributed by atoms with Crippen molar-refractivity contribution in [2.75, 3.05) is 12.4 Å². The molecule has 4 heterocycles. The highest BCUT2D eigenvalue weighted by Crippen LogP contribution is 2.49. The summed E-state index contributed by atoms with van der Waals surface area (Å²) in [6.45, 7) is 0. The number of pyridine rings is 2. The number of nitrogens with one attached hydrogen (secondary N) is 2. The van der Waals surface area contributed by atoms with Gasteiger partial charge < -0.3 is 15.4 Å². The van der Waals surface area contributed by atoms with Crippen LogP contribution < -0.4 is 10.6 Å². The average molecular weight is 411 g/mol. The van der Waals surface area contributed by atoms with Crippen LogP contribution in [-0.4, -0.2) is 41.2 Å². The molecule has 5 unspecified atom stereocenters. The first-order valence-electron chi connectivity index (χ1n) is 8.54. The van der Waals surface area contributed by atoms with Gasteiger partial charge in [0.15, 0.2) is 0 Å². The number of hydrogen-bond acceptors (Lipinski definition) is 5. The van der Waals surface area contributed by atoms with Crippen LogP contribution in [0.15, 0.2) is 30.6 Å². The van der Waals surface area contributed by atoms with Crippen LogP contribution in [0.3, 0.4) is 0 Å². The van der Waals surface area contributed by atoms with Gasteiger partial charge in [0.2, 0.25) is 11.9 Å². The van der Waals surface area contributed by atoms with E-state index in [0.29, 0.717) is 17.7 Å². The number of halogens is 3. The van der Waals surface area contributed by atoms with Crippen molar-refractivity contribution in [1.82, 2.24) is 15.3 Å². The van der Waals surface area contributed by atoms with Crippen LogP contribution in [0.5, 0.6) is 0 Å². The van der Waals surface area contributed by atoms with Crippen molar-refractivity contribution < 1.29 is 13.9 Å². The lowest BCUT2D eigenvalue weighted by Crippen LogP contribution is -2.45. The van der Waals surface area contributed by atoms with Gasteiger partial charge in [0, 0.05) is 18.2 Å². The Labute approximate surface area is 165 Å². The zero-order valence-electron chi connectivity index (χ0n) is 14.3. The van der Waals surface area contributed by atoms with E-state index in [1.807, 2.05) is 7.05 Å². The summed E-state index contributed by atoms with van der Waals surface area (Å²) in [7, 11) is 1.86. The van der Waals surface area contributed by atoms with E-state index in [-0.39, 0.29) is 40.3 Å². The Morgan fingerprint density at radius 1 is 1.33 bits per heavy atom. The van der Waals surface area contributed by atoms with E-state index in [2.05, 4.69) is 20.6 Å². The number of nitrogens with zero attached hydrogens (tertiary/aromatic N) is 2. The summed E-state index contributed by atoms with van der Waals surface area (Å²) in [5.74, 6) is -1.55. The van der Waals surface area contributed by atoms with Gasteiger partial charge in [-0.1, -0.05) is 23.2 Å². The lowest BCUT2D eigenvalue weighted by Gasteiger charge is -2.32. The highest BCUT2D eigenvalue weighted by molar-refractivity contribution is 6.41. The SMILES string of the molecule is CNC1CC2OC1C(c1ccnc(F)c1)C2C(=O)Nc1cnc(Cl)c(Cl)c1. The molecule has 2 aromatic rings. The van der Waals surface area contributed by atoms with Crippen LogP contribution in [0.2, 0.25) is 10.2 Å². The van der Waals surface area contributed by atoms with E-state index in [1.54, 1.807) is 12.1 Å². The zero-order valence-corrected chi connectivity index (χ0v) is 15.8. The molecule has 2 bridgehead atoms. The average Bonchev–Trinajstić information content (AvgIpc) is 3.22. The number of hydrogen-bond donors (Lipinski definition) is 2. The molecule has 0 aliphatic carbocycles. The third kappa shape index (κ3) is 3.40. The Morgan fingerprint density at radius 2 is 2.15 bits per heavy atom. The summed E-state index contributed by atoms with van der Waals surface area (Å²) in [6, 6.07) is 4.74. The maximum atomic E-state index is 13.7. The Hall–Kier alpha value is -1.80. The number of likely N-dealkylation sites (N-methyl/N-ethyl adjacent to an activating group) is 1. The maximum Gasteiger partial charge on any atom is 0.230 e. The van der Waals surface area contributed by atoms with E-state index in [1.165, 1.54) is 18.5 Å². The van der Waals surface area contributed by atoms with Crippen LogP contribution in [0.1, 0.15) is 17.9 Å². The molecule has 0 radical (unpaired) electrons. The summed E-state index contributed by atoms with van der Waals surface area (Å²) >= 11 is 11.8. The fourth-order valence-corrected chi connectivity index (χ4v) is 4.36. The quantitative estimate of drug-likeness (QED) is 0.757. The van der Waals surface area contributed by atoms with Gasteiger partial charge in [-0.15, -0.1) is 0 Å². The number of aromatic nitrogens is 2. The molecule has 0 saturated carbocycles. The fraction of sp³-hybridized carbons (Fsp3) is 0.389. The van der Waals surface area contributed by atoms with Crippen molar-refractivity contribution in [2.45, 2.75) is 30.6 Å². The summed E-state index contributed by atoms with van der Waals surface area (Å²) in [5, 5.41) is 6.47. The smallest absolute Gasteiger partial charge is 0.230 e. The van der Waals surface area contributed by atoms with Crippen molar-refractivity contribution in [3.05, 3.63) is 52.3 Å². The van der Waals surface area contributed by atoms with Gasteiger partial charge in [-0.25, -0.2) is 9.97 Å². The first-order chi connectivity index (χ1) is 13.0. The van der Waals surface area contributed by atoms with Gasteiger partial charge in [0.05, 0.1) is 35.0 Å². The van der Waals surface area contributed by atoms with E-state index in [9.17, 15) is 9.18 Å². The minimum Gasteiger partial charge on any atom is -0.372 e. The molecule has 0 aromatic carbocycles.